The number of carbonyl (C=O) groups excluding carboxylic acids is 1. The Kier molecular flexibility index (Phi) is 9.32. The van der Waals surface area contributed by atoms with Crippen molar-refractivity contribution < 1.29 is 27.8 Å². The summed E-state index contributed by atoms with van der Waals surface area (Å²) >= 11 is 0. The number of amides is 1. The number of benzene rings is 3. The van der Waals surface area contributed by atoms with Gasteiger partial charge in [-0.25, -0.2) is 13.6 Å². The van der Waals surface area contributed by atoms with Gasteiger partial charge in [0.1, 0.15) is 30.4 Å². The number of halogens is 2. The number of pyridine rings is 1. The van der Waals surface area contributed by atoms with Crippen molar-refractivity contribution >= 4 is 11.8 Å². The molecule has 7 nitrogen and oxygen atoms in total. The number of aromatic nitrogens is 1. The number of hydrogen-bond donors (Lipinski definition) is 0. The number of nitrogens with zero attached hydrogens (tertiary/aromatic N) is 3. The Morgan fingerprint density at radius 2 is 1.48 bits per heavy atom. The van der Waals surface area contributed by atoms with Crippen LogP contribution in [0, 0.1) is 11.6 Å². The molecule has 0 aliphatic carbocycles. The third-order valence-electron chi connectivity index (χ3n) is 7.20. The normalized spacial score (nSPS) is 15.2. The third-order valence-corrected chi connectivity index (χ3v) is 7.20. The first-order valence-corrected chi connectivity index (χ1v) is 14.7. The number of carbonyl (C=O) groups is 1. The molecule has 0 radical (unpaired) electrons. The van der Waals surface area contributed by atoms with E-state index in [1.165, 1.54) is 12.1 Å². The van der Waals surface area contributed by atoms with Gasteiger partial charge >= 0.3 is 6.09 Å². The molecule has 1 fully saturated rings. The molecular formula is C35H37F2N3O4. The van der Waals surface area contributed by atoms with Crippen molar-refractivity contribution in [3.05, 3.63) is 108 Å². The summed E-state index contributed by atoms with van der Waals surface area (Å²) in [5.41, 5.74) is 1.71. The molecule has 3 aromatic carbocycles. The fraction of sp³-hybridized carbons (Fsp3) is 0.314. The van der Waals surface area contributed by atoms with Gasteiger partial charge in [-0.15, -0.1) is 0 Å². The minimum Gasteiger partial charge on any atom is -0.473 e. The van der Waals surface area contributed by atoms with Crippen LogP contribution >= 0.6 is 0 Å². The Morgan fingerprint density at radius 1 is 0.841 bits per heavy atom. The molecule has 1 amide bonds. The molecular weight excluding hydrogens is 564 g/mol. The molecule has 0 unspecified atom stereocenters. The Hall–Kier alpha value is -4.66. The van der Waals surface area contributed by atoms with Crippen molar-refractivity contribution in [2.75, 3.05) is 24.5 Å². The number of piperazine rings is 1. The largest absolute Gasteiger partial charge is 0.473 e. The minimum atomic E-state index is -0.618. The summed E-state index contributed by atoms with van der Waals surface area (Å²) < 4.78 is 49.0. The Bertz CT molecular complexity index is 1580. The predicted octanol–water partition coefficient (Wildman–Crippen LogP) is 7.63. The van der Waals surface area contributed by atoms with E-state index in [-0.39, 0.29) is 29.8 Å². The molecule has 9 heteroatoms. The molecule has 44 heavy (non-hydrogen) atoms. The molecule has 0 bridgehead atoms. The van der Waals surface area contributed by atoms with E-state index in [2.05, 4.69) is 4.98 Å². The van der Waals surface area contributed by atoms with Crippen molar-refractivity contribution in [3.8, 4) is 22.9 Å². The van der Waals surface area contributed by atoms with E-state index in [0.29, 0.717) is 37.7 Å². The van der Waals surface area contributed by atoms with Gasteiger partial charge in [0.25, 0.3) is 0 Å². The maximum atomic E-state index is 15.8. The van der Waals surface area contributed by atoms with Gasteiger partial charge in [0, 0.05) is 48.9 Å². The minimum absolute atomic E-state index is 0.0245. The monoisotopic (exact) mass is 601 g/mol. The fourth-order valence-corrected chi connectivity index (χ4v) is 5.05. The first-order chi connectivity index (χ1) is 21.1. The highest BCUT2D eigenvalue weighted by Crippen LogP contribution is 2.37. The number of hydrogen-bond acceptors (Lipinski definition) is 6. The van der Waals surface area contributed by atoms with Crippen LogP contribution in [0.3, 0.4) is 0 Å². The quantitative estimate of drug-likeness (QED) is 0.207. The highest BCUT2D eigenvalue weighted by molar-refractivity contribution is 5.73. The summed E-state index contributed by atoms with van der Waals surface area (Å²) in [5.74, 6) is -0.774. The zero-order chi connectivity index (χ0) is 31.3. The number of anilines is 1. The second kappa shape index (κ2) is 13.3. The van der Waals surface area contributed by atoms with E-state index in [0.717, 1.165) is 11.1 Å². The topological polar surface area (TPSA) is 64.1 Å². The van der Waals surface area contributed by atoms with Gasteiger partial charge in [0.2, 0.25) is 11.8 Å². The molecule has 1 saturated heterocycles. The summed E-state index contributed by atoms with van der Waals surface area (Å²) in [6.45, 7) is 8.76. The van der Waals surface area contributed by atoms with Crippen LogP contribution in [0.2, 0.25) is 0 Å². The Balaban J connectivity index is 1.39. The van der Waals surface area contributed by atoms with Crippen LogP contribution in [0.1, 0.15) is 38.8 Å². The zero-order valence-corrected chi connectivity index (χ0v) is 25.4. The molecule has 230 valence electrons. The molecule has 2 heterocycles. The smallest absolute Gasteiger partial charge is 0.410 e. The van der Waals surface area contributed by atoms with Crippen LogP contribution in [0.5, 0.6) is 11.8 Å². The lowest BCUT2D eigenvalue weighted by Gasteiger charge is -2.41. The Labute approximate surface area is 257 Å². The SMILES string of the molecule is C[C@H]1CN(C(=O)OC(C)(C)C)CCN1c1cc(F)c(-c2ccc(OCc3ccccc3)nc2OCc2ccccc2)cc1F. The van der Waals surface area contributed by atoms with Crippen molar-refractivity contribution in [2.24, 2.45) is 0 Å². The molecule has 1 atom stereocenters. The van der Waals surface area contributed by atoms with E-state index in [4.69, 9.17) is 14.2 Å². The molecule has 0 saturated carbocycles. The van der Waals surface area contributed by atoms with E-state index >= 15 is 8.78 Å². The van der Waals surface area contributed by atoms with Crippen LogP contribution in [0.25, 0.3) is 11.1 Å². The third kappa shape index (κ3) is 7.64. The summed E-state index contributed by atoms with van der Waals surface area (Å²) in [5, 5.41) is 0. The summed E-state index contributed by atoms with van der Waals surface area (Å²) in [7, 11) is 0. The lowest BCUT2D eigenvalue weighted by atomic mass is 10.0. The maximum Gasteiger partial charge on any atom is 0.410 e. The van der Waals surface area contributed by atoms with Gasteiger partial charge < -0.3 is 24.0 Å². The van der Waals surface area contributed by atoms with E-state index in [1.807, 2.05) is 88.4 Å². The summed E-state index contributed by atoms with van der Waals surface area (Å²) in [4.78, 5) is 20.5. The average Bonchev–Trinajstić information content (AvgIpc) is 3.00. The van der Waals surface area contributed by atoms with Crippen molar-refractivity contribution in [1.82, 2.24) is 9.88 Å². The van der Waals surface area contributed by atoms with Crippen LogP contribution < -0.4 is 14.4 Å². The van der Waals surface area contributed by atoms with Crippen LogP contribution in [-0.2, 0) is 18.0 Å². The summed E-state index contributed by atoms with van der Waals surface area (Å²) in [6, 6.07) is 24.5. The average molecular weight is 602 g/mol. The molecule has 1 aliphatic heterocycles. The van der Waals surface area contributed by atoms with Crippen molar-refractivity contribution in [2.45, 2.75) is 52.6 Å². The van der Waals surface area contributed by atoms with Gasteiger partial charge in [-0.05, 0) is 51.0 Å². The van der Waals surface area contributed by atoms with Crippen LogP contribution in [0.15, 0.2) is 84.9 Å². The number of ether oxygens (including phenoxy) is 3. The first kappa shape index (κ1) is 30.8. The van der Waals surface area contributed by atoms with E-state index < -0.39 is 23.3 Å². The summed E-state index contributed by atoms with van der Waals surface area (Å²) in [6.07, 6.45) is -0.419. The van der Waals surface area contributed by atoms with Gasteiger partial charge in [-0.2, -0.15) is 4.98 Å². The second-order valence-corrected chi connectivity index (χ2v) is 11.8. The highest BCUT2D eigenvalue weighted by Gasteiger charge is 2.31. The van der Waals surface area contributed by atoms with Gasteiger partial charge in [-0.3, -0.25) is 0 Å². The predicted molar refractivity (Wildman–Crippen MR) is 166 cm³/mol. The van der Waals surface area contributed by atoms with E-state index in [9.17, 15) is 4.79 Å². The van der Waals surface area contributed by atoms with Crippen molar-refractivity contribution in [3.63, 3.8) is 0 Å². The molecule has 0 N–H and O–H groups in total. The van der Waals surface area contributed by atoms with Gasteiger partial charge in [0.15, 0.2) is 0 Å². The first-order valence-electron chi connectivity index (χ1n) is 14.7. The van der Waals surface area contributed by atoms with Crippen LogP contribution in [-0.4, -0.2) is 47.3 Å². The van der Waals surface area contributed by atoms with Gasteiger partial charge in [-0.1, -0.05) is 60.7 Å². The number of rotatable bonds is 8. The lowest BCUT2D eigenvalue weighted by Crippen LogP contribution is -2.54. The molecule has 0 spiro atoms. The second-order valence-electron chi connectivity index (χ2n) is 11.8. The molecule has 1 aliphatic rings. The Morgan fingerprint density at radius 3 is 2.09 bits per heavy atom. The zero-order valence-electron chi connectivity index (χ0n) is 25.4. The molecule has 4 aromatic rings. The van der Waals surface area contributed by atoms with E-state index in [1.54, 1.807) is 21.9 Å². The lowest BCUT2D eigenvalue weighted by molar-refractivity contribution is 0.0218. The molecule has 5 rings (SSSR count). The molecule has 1 aromatic heterocycles. The maximum absolute atomic E-state index is 15.8. The fourth-order valence-electron chi connectivity index (χ4n) is 5.05. The van der Waals surface area contributed by atoms with Crippen molar-refractivity contribution in [1.29, 1.82) is 0 Å². The van der Waals surface area contributed by atoms with Gasteiger partial charge in [0.05, 0.1) is 5.69 Å². The standard InChI is InChI=1S/C35H37F2N3O4/c1-24-21-39(34(41)44-35(2,3)4)17-18-40(24)31-20-29(36)28(19-30(31)37)27-15-16-32(42-22-25-11-7-5-8-12-25)38-33(27)43-23-26-13-9-6-10-14-26/h5-16,19-20,24H,17-18,21-23H2,1-4H3/t24-/m0/s1. The highest BCUT2D eigenvalue weighted by atomic mass is 19.1. The van der Waals surface area contributed by atoms with Crippen LogP contribution in [0.4, 0.5) is 19.3 Å².